The summed E-state index contributed by atoms with van der Waals surface area (Å²) in [5, 5.41) is 0. The van der Waals surface area contributed by atoms with Gasteiger partial charge in [0, 0.05) is 7.11 Å². The van der Waals surface area contributed by atoms with Crippen molar-refractivity contribution in [3.63, 3.8) is 0 Å². The van der Waals surface area contributed by atoms with Crippen LogP contribution in [0.5, 0.6) is 0 Å². The molecule has 0 bridgehead atoms. The Kier molecular flexibility index (Phi) is 11.0. The molecule has 0 aliphatic heterocycles. The van der Waals surface area contributed by atoms with E-state index in [0.717, 1.165) is 0 Å². The van der Waals surface area contributed by atoms with Crippen molar-refractivity contribution < 1.29 is 4.74 Å². The van der Waals surface area contributed by atoms with Crippen LogP contribution in [-0.4, -0.2) is 13.2 Å². The van der Waals surface area contributed by atoms with E-state index in [4.69, 9.17) is 4.74 Å². The lowest BCUT2D eigenvalue weighted by atomic mass is 10.0. The molecule has 0 aromatic rings. The minimum Gasteiger partial charge on any atom is -0.381 e. The molecule has 0 amide bonds. The lowest BCUT2D eigenvalue weighted by Crippen LogP contribution is -2.10. The van der Waals surface area contributed by atoms with Crippen LogP contribution >= 0.6 is 0 Å². The molecule has 0 aromatic heterocycles. The van der Waals surface area contributed by atoms with E-state index in [0.29, 0.717) is 6.10 Å². The fourth-order valence-electron chi connectivity index (χ4n) is 1.80. The van der Waals surface area contributed by atoms with Gasteiger partial charge in [-0.3, -0.25) is 0 Å². The van der Waals surface area contributed by atoms with E-state index in [1.165, 1.54) is 57.8 Å². The molecule has 1 unspecified atom stereocenters. The average molecular weight is 200 g/mol. The monoisotopic (exact) mass is 200 g/mol. The molecule has 0 fully saturated rings. The normalized spacial score (nSPS) is 13.1. The first kappa shape index (κ1) is 14.0. The van der Waals surface area contributed by atoms with Gasteiger partial charge in [0.25, 0.3) is 0 Å². The molecule has 1 atom stereocenters. The zero-order valence-corrected chi connectivity index (χ0v) is 10.3. The van der Waals surface area contributed by atoms with Gasteiger partial charge in [0.2, 0.25) is 0 Å². The average Bonchev–Trinajstić information content (AvgIpc) is 2.22. The van der Waals surface area contributed by atoms with E-state index in [1.807, 2.05) is 7.11 Å². The number of rotatable bonds is 10. The largest absolute Gasteiger partial charge is 0.381 e. The summed E-state index contributed by atoms with van der Waals surface area (Å²) in [5.41, 5.74) is 0. The van der Waals surface area contributed by atoms with Crippen LogP contribution in [0.25, 0.3) is 0 Å². The Morgan fingerprint density at radius 2 is 1.29 bits per heavy atom. The number of methoxy groups -OCH3 is 1. The molecule has 0 aromatic carbocycles. The zero-order valence-electron chi connectivity index (χ0n) is 10.3. The first-order valence-electron chi connectivity index (χ1n) is 6.37. The molecule has 0 heterocycles. The molecule has 0 N–H and O–H groups in total. The first-order chi connectivity index (χ1) is 6.85. The minimum absolute atomic E-state index is 0.526. The zero-order chi connectivity index (χ0) is 10.6. The fraction of sp³-hybridized carbons (Fsp3) is 1.00. The van der Waals surface area contributed by atoms with Gasteiger partial charge in [-0.1, -0.05) is 58.8 Å². The van der Waals surface area contributed by atoms with Crippen LogP contribution in [0.4, 0.5) is 0 Å². The van der Waals surface area contributed by atoms with Gasteiger partial charge in [0.15, 0.2) is 0 Å². The molecule has 86 valence electrons. The molecule has 14 heavy (non-hydrogen) atoms. The van der Waals surface area contributed by atoms with Gasteiger partial charge in [0.1, 0.15) is 0 Å². The number of unbranched alkanes of at least 4 members (excludes halogenated alkanes) is 5. The van der Waals surface area contributed by atoms with Gasteiger partial charge in [0.05, 0.1) is 6.10 Å². The van der Waals surface area contributed by atoms with E-state index in [-0.39, 0.29) is 0 Å². The minimum atomic E-state index is 0.526. The van der Waals surface area contributed by atoms with E-state index in [1.54, 1.807) is 0 Å². The lowest BCUT2D eigenvalue weighted by Gasteiger charge is -2.14. The highest BCUT2D eigenvalue weighted by molar-refractivity contribution is 4.58. The van der Waals surface area contributed by atoms with Crippen molar-refractivity contribution in [2.45, 2.75) is 77.7 Å². The summed E-state index contributed by atoms with van der Waals surface area (Å²) in [6, 6.07) is 0. The lowest BCUT2D eigenvalue weighted by molar-refractivity contribution is 0.0833. The topological polar surface area (TPSA) is 9.23 Å². The first-order valence-corrected chi connectivity index (χ1v) is 6.37. The van der Waals surface area contributed by atoms with Gasteiger partial charge in [-0.25, -0.2) is 0 Å². The summed E-state index contributed by atoms with van der Waals surface area (Å²) >= 11 is 0. The van der Waals surface area contributed by atoms with E-state index < -0.39 is 0 Å². The number of hydrogen-bond donors (Lipinski definition) is 0. The maximum absolute atomic E-state index is 5.48. The Bertz CT molecular complexity index is 101. The predicted molar refractivity (Wildman–Crippen MR) is 63.7 cm³/mol. The molecule has 0 rings (SSSR count). The van der Waals surface area contributed by atoms with Crippen molar-refractivity contribution in [3.8, 4) is 0 Å². The molecule has 0 radical (unpaired) electrons. The van der Waals surface area contributed by atoms with Crippen molar-refractivity contribution in [2.75, 3.05) is 7.11 Å². The molecular formula is C13H28O. The standard InChI is InChI=1S/C13H28O/c1-4-6-8-10-12-13(14-3)11-9-7-5-2/h13H,4-12H2,1-3H3. The van der Waals surface area contributed by atoms with Gasteiger partial charge in [-0.2, -0.15) is 0 Å². The highest BCUT2D eigenvalue weighted by atomic mass is 16.5. The third-order valence-corrected chi connectivity index (χ3v) is 2.84. The Hall–Kier alpha value is -0.0400. The summed E-state index contributed by atoms with van der Waals surface area (Å²) < 4.78 is 5.48. The van der Waals surface area contributed by atoms with Gasteiger partial charge < -0.3 is 4.74 Å². The van der Waals surface area contributed by atoms with Crippen molar-refractivity contribution >= 4 is 0 Å². The summed E-state index contributed by atoms with van der Waals surface area (Å²) in [4.78, 5) is 0. The second-order valence-corrected chi connectivity index (χ2v) is 4.20. The van der Waals surface area contributed by atoms with Crippen LogP contribution in [0, 0.1) is 0 Å². The van der Waals surface area contributed by atoms with Crippen molar-refractivity contribution in [2.24, 2.45) is 0 Å². The molecule has 0 aliphatic carbocycles. The molecular weight excluding hydrogens is 172 g/mol. The molecule has 1 heteroatoms. The van der Waals surface area contributed by atoms with Crippen molar-refractivity contribution in [3.05, 3.63) is 0 Å². The van der Waals surface area contributed by atoms with Crippen molar-refractivity contribution in [1.82, 2.24) is 0 Å². The van der Waals surface area contributed by atoms with Gasteiger partial charge in [-0.05, 0) is 12.8 Å². The highest BCUT2D eigenvalue weighted by Gasteiger charge is 2.05. The van der Waals surface area contributed by atoms with Crippen LogP contribution in [0.1, 0.15) is 71.6 Å². The van der Waals surface area contributed by atoms with Gasteiger partial charge in [-0.15, -0.1) is 0 Å². The second-order valence-electron chi connectivity index (χ2n) is 4.20. The van der Waals surface area contributed by atoms with E-state index >= 15 is 0 Å². The molecule has 1 nitrogen and oxygen atoms in total. The van der Waals surface area contributed by atoms with Gasteiger partial charge >= 0.3 is 0 Å². The number of hydrogen-bond acceptors (Lipinski definition) is 1. The quantitative estimate of drug-likeness (QED) is 0.470. The smallest absolute Gasteiger partial charge is 0.0571 e. The highest BCUT2D eigenvalue weighted by Crippen LogP contribution is 2.13. The van der Waals surface area contributed by atoms with Crippen LogP contribution in [0.3, 0.4) is 0 Å². The third-order valence-electron chi connectivity index (χ3n) is 2.84. The summed E-state index contributed by atoms with van der Waals surface area (Å²) in [6.07, 6.45) is 12.5. The maximum Gasteiger partial charge on any atom is 0.0571 e. The summed E-state index contributed by atoms with van der Waals surface area (Å²) in [7, 11) is 1.86. The maximum atomic E-state index is 5.48. The second kappa shape index (κ2) is 11.0. The van der Waals surface area contributed by atoms with Crippen molar-refractivity contribution in [1.29, 1.82) is 0 Å². The Balaban J connectivity index is 3.28. The Labute approximate surface area is 90.2 Å². The van der Waals surface area contributed by atoms with Crippen LogP contribution in [-0.2, 0) is 4.74 Å². The van der Waals surface area contributed by atoms with E-state index in [2.05, 4.69) is 13.8 Å². The third kappa shape index (κ3) is 8.55. The summed E-state index contributed by atoms with van der Waals surface area (Å²) in [6.45, 7) is 4.51. The van der Waals surface area contributed by atoms with Crippen LogP contribution < -0.4 is 0 Å². The molecule has 0 spiro atoms. The Morgan fingerprint density at radius 3 is 1.79 bits per heavy atom. The fourth-order valence-corrected chi connectivity index (χ4v) is 1.80. The Morgan fingerprint density at radius 1 is 0.786 bits per heavy atom. The number of ether oxygens (including phenoxy) is 1. The summed E-state index contributed by atoms with van der Waals surface area (Å²) in [5.74, 6) is 0. The molecule has 0 saturated heterocycles. The molecule has 0 saturated carbocycles. The molecule has 0 aliphatic rings. The van der Waals surface area contributed by atoms with Crippen LogP contribution in [0.2, 0.25) is 0 Å². The van der Waals surface area contributed by atoms with Crippen LogP contribution in [0.15, 0.2) is 0 Å². The van der Waals surface area contributed by atoms with E-state index in [9.17, 15) is 0 Å². The SMILES string of the molecule is CCCCCCC(CCCCC)OC. The predicted octanol–water partition coefficient (Wildman–Crippen LogP) is 4.55.